The molecule has 0 atom stereocenters. The van der Waals surface area contributed by atoms with Crippen molar-refractivity contribution in [2.24, 2.45) is 0 Å². The fourth-order valence-electron chi connectivity index (χ4n) is 1.60. The highest BCUT2D eigenvalue weighted by atomic mass is 32.1. The van der Waals surface area contributed by atoms with Crippen LogP contribution in [0, 0.1) is 0 Å². The predicted octanol–water partition coefficient (Wildman–Crippen LogP) is 2.92. The summed E-state index contributed by atoms with van der Waals surface area (Å²) in [4.78, 5) is 12.4. The molecule has 16 heavy (non-hydrogen) atoms. The van der Waals surface area contributed by atoms with Crippen molar-refractivity contribution in [2.45, 2.75) is 0 Å². The van der Waals surface area contributed by atoms with E-state index in [4.69, 9.17) is 4.74 Å². The molecule has 3 rings (SSSR count). The van der Waals surface area contributed by atoms with Crippen LogP contribution in [0.15, 0.2) is 24.3 Å². The zero-order chi connectivity index (χ0) is 11.1. The Kier molecular flexibility index (Phi) is 2.16. The number of carbonyl (C=O) groups is 1. The first-order chi connectivity index (χ1) is 7.81. The molecule has 0 radical (unpaired) electrons. The van der Waals surface area contributed by atoms with Gasteiger partial charge in [-0.25, -0.2) is 4.79 Å². The zero-order valence-corrected chi connectivity index (χ0v) is 10.1. The minimum atomic E-state index is -0.322. The number of nitrogens with zero attached hydrogens (tertiary/aromatic N) is 2. The van der Waals surface area contributed by atoms with E-state index in [0.717, 1.165) is 15.2 Å². The van der Waals surface area contributed by atoms with Crippen LogP contribution >= 0.6 is 19.7 Å². The summed E-state index contributed by atoms with van der Waals surface area (Å²) >= 11 is 1.58. The Morgan fingerprint density at radius 1 is 1.50 bits per heavy atom. The molecule has 80 valence electrons. The van der Waals surface area contributed by atoms with E-state index in [-0.39, 0.29) is 5.97 Å². The third-order valence-corrected chi connectivity index (χ3v) is 4.33. The lowest BCUT2D eigenvalue weighted by Crippen LogP contribution is -2.02. The topological polar surface area (TPSA) is 43.6 Å². The maximum Gasteiger partial charge on any atom is 0.361 e. The first kappa shape index (κ1) is 9.75. The van der Waals surface area contributed by atoms with E-state index in [1.165, 1.54) is 7.11 Å². The number of thiazole rings is 1. The van der Waals surface area contributed by atoms with Crippen molar-refractivity contribution in [1.82, 2.24) is 9.15 Å². The second-order valence-corrected chi connectivity index (χ2v) is 5.04. The fourth-order valence-corrected chi connectivity index (χ4v) is 3.58. The lowest BCUT2D eigenvalue weighted by Gasteiger charge is -1.96. The van der Waals surface area contributed by atoms with Crippen molar-refractivity contribution in [1.29, 1.82) is 0 Å². The summed E-state index contributed by atoms with van der Waals surface area (Å²) in [6, 6.07) is 7.93. The molecule has 2 heterocycles. The van der Waals surface area contributed by atoms with E-state index in [1.807, 2.05) is 28.7 Å². The summed E-state index contributed by atoms with van der Waals surface area (Å²) in [5, 5.41) is 0. The van der Waals surface area contributed by atoms with E-state index in [0.29, 0.717) is 13.8 Å². The van der Waals surface area contributed by atoms with Crippen LogP contribution in [-0.2, 0) is 4.74 Å². The van der Waals surface area contributed by atoms with Gasteiger partial charge in [-0.15, -0.1) is 0 Å². The molecule has 0 aliphatic heterocycles. The van der Waals surface area contributed by atoms with Gasteiger partial charge in [0.05, 0.1) is 25.7 Å². The monoisotopic (exact) mass is 250 g/mol. The molecule has 2 aromatic heterocycles. The number of methoxy groups -OCH3 is 1. The second kappa shape index (κ2) is 3.54. The fraction of sp³-hybridized carbons (Fsp3) is 0.100. The molecular weight excluding hydrogens is 243 g/mol. The highest BCUT2D eigenvalue weighted by Gasteiger charge is 2.16. The van der Waals surface area contributed by atoms with Crippen molar-refractivity contribution in [3.05, 3.63) is 29.7 Å². The van der Waals surface area contributed by atoms with Gasteiger partial charge in [-0.05, 0) is 12.1 Å². The van der Waals surface area contributed by atoms with E-state index in [9.17, 15) is 4.79 Å². The summed E-state index contributed by atoms with van der Waals surface area (Å²) < 4.78 is 12.0. The van der Waals surface area contributed by atoms with Gasteiger partial charge in [0, 0.05) is 0 Å². The minimum Gasteiger partial charge on any atom is -0.464 e. The summed E-state index contributed by atoms with van der Waals surface area (Å²) in [5.74, 6) is -0.322. The van der Waals surface area contributed by atoms with Gasteiger partial charge >= 0.3 is 5.97 Å². The van der Waals surface area contributed by atoms with Crippen molar-refractivity contribution < 1.29 is 9.53 Å². The van der Waals surface area contributed by atoms with E-state index in [2.05, 4.69) is 4.75 Å². The van der Waals surface area contributed by atoms with Crippen LogP contribution in [0.4, 0.5) is 0 Å². The number of hydrogen-bond donors (Lipinski definition) is 0. The van der Waals surface area contributed by atoms with Crippen LogP contribution in [-0.4, -0.2) is 22.2 Å². The average Bonchev–Trinajstić information content (AvgIpc) is 2.86. The molecule has 0 bridgehead atoms. The van der Waals surface area contributed by atoms with Crippen LogP contribution in [0.2, 0.25) is 0 Å². The van der Waals surface area contributed by atoms with Crippen LogP contribution in [0.1, 0.15) is 10.2 Å². The van der Waals surface area contributed by atoms with E-state index >= 15 is 0 Å². The largest absolute Gasteiger partial charge is 0.464 e. The SMILES string of the molecule is COC(=O)c1pnc2sc3ccccc3n12. The molecule has 0 saturated heterocycles. The zero-order valence-electron chi connectivity index (χ0n) is 8.38. The molecule has 0 N–H and O–H groups in total. The minimum absolute atomic E-state index is 0.322. The number of aromatic nitrogens is 2. The quantitative estimate of drug-likeness (QED) is 0.624. The Morgan fingerprint density at radius 3 is 3.12 bits per heavy atom. The van der Waals surface area contributed by atoms with Gasteiger partial charge in [0.25, 0.3) is 0 Å². The lowest BCUT2D eigenvalue weighted by molar-refractivity contribution is 0.0599. The van der Waals surface area contributed by atoms with Gasteiger partial charge in [0.2, 0.25) is 0 Å². The molecule has 4 nitrogen and oxygen atoms in total. The maximum atomic E-state index is 11.6. The van der Waals surface area contributed by atoms with Crippen molar-refractivity contribution in [3.8, 4) is 0 Å². The Balaban J connectivity index is 2.43. The third kappa shape index (κ3) is 1.25. The van der Waals surface area contributed by atoms with Gasteiger partial charge in [-0.2, -0.15) is 4.75 Å². The van der Waals surface area contributed by atoms with E-state index < -0.39 is 0 Å². The number of fused-ring (bicyclic) bond motifs is 3. The number of esters is 1. The highest BCUT2D eigenvalue weighted by Crippen LogP contribution is 2.30. The molecule has 6 heteroatoms. The Labute approximate surface area is 96.7 Å². The van der Waals surface area contributed by atoms with Crippen molar-refractivity contribution >= 4 is 40.8 Å². The number of para-hydroxylation sites is 1. The van der Waals surface area contributed by atoms with E-state index in [1.54, 1.807) is 11.3 Å². The smallest absolute Gasteiger partial charge is 0.361 e. The summed E-state index contributed by atoms with van der Waals surface area (Å²) in [5.41, 5.74) is 1.58. The predicted molar refractivity (Wildman–Crippen MR) is 64.4 cm³/mol. The summed E-state index contributed by atoms with van der Waals surface area (Å²) in [7, 11) is 2.05. The summed E-state index contributed by atoms with van der Waals surface area (Å²) in [6.45, 7) is 0. The normalized spacial score (nSPS) is 11.6. The third-order valence-electron chi connectivity index (χ3n) is 2.31. The first-order valence-corrected chi connectivity index (χ1v) is 6.28. The van der Waals surface area contributed by atoms with Gasteiger partial charge in [-0.1, -0.05) is 23.5 Å². The van der Waals surface area contributed by atoms with Gasteiger partial charge in [0.1, 0.15) is 0 Å². The molecule has 0 spiro atoms. The molecule has 0 amide bonds. The number of carbonyl (C=O) groups excluding carboxylic acids is 1. The molecule has 0 saturated carbocycles. The van der Waals surface area contributed by atoms with Crippen LogP contribution in [0.5, 0.6) is 0 Å². The average molecular weight is 250 g/mol. The number of ether oxygens (including phenoxy) is 1. The molecule has 0 fully saturated rings. The molecule has 0 aliphatic carbocycles. The Bertz CT molecular complexity index is 688. The van der Waals surface area contributed by atoms with Gasteiger partial charge in [0.15, 0.2) is 10.4 Å². The maximum absolute atomic E-state index is 11.6. The van der Waals surface area contributed by atoms with Crippen LogP contribution in [0.3, 0.4) is 0 Å². The highest BCUT2D eigenvalue weighted by molar-refractivity contribution is 7.31. The van der Waals surface area contributed by atoms with Crippen LogP contribution in [0.25, 0.3) is 15.2 Å². The molecule has 0 unspecified atom stereocenters. The molecule has 1 aromatic carbocycles. The van der Waals surface area contributed by atoms with Crippen molar-refractivity contribution in [2.75, 3.05) is 7.11 Å². The molecule has 0 aliphatic rings. The Morgan fingerprint density at radius 2 is 2.31 bits per heavy atom. The van der Waals surface area contributed by atoms with Crippen molar-refractivity contribution in [3.63, 3.8) is 0 Å². The van der Waals surface area contributed by atoms with Crippen LogP contribution < -0.4 is 0 Å². The second-order valence-electron chi connectivity index (χ2n) is 3.20. The number of benzene rings is 1. The number of rotatable bonds is 1. The summed E-state index contributed by atoms with van der Waals surface area (Å²) in [6.07, 6.45) is 0. The van der Waals surface area contributed by atoms with Gasteiger partial charge < -0.3 is 4.74 Å². The number of hydrogen-bond acceptors (Lipinski definition) is 4. The first-order valence-electron chi connectivity index (χ1n) is 4.62. The molecule has 3 aromatic rings. The Hall–Kier alpha value is -1.45. The van der Waals surface area contributed by atoms with Gasteiger partial charge in [-0.3, -0.25) is 4.40 Å². The molecular formula is C10H7N2O2PS. The lowest BCUT2D eigenvalue weighted by atomic mass is 10.3. The standard InChI is InChI=1S/C10H7N2O2PS/c1-14-9(13)8-12-6-4-2-3-5-7(6)16-10(12)11-15-8/h2-5H,1H3.